The van der Waals surface area contributed by atoms with Crippen LogP contribution in [0.25, 0.3) is 0 Å². The van der Waals surface area contributed by atoms with Crippen LogP contribution in [0.1, 0.15) is 6.42 Å². The molecule has 0 saturated carbocycles. The highest BCUT2D eigenvalue weighted by Crippen LogP contribution is 2.29. The molecule has 0 radical (unpaired) electrons. The summed E-state index contributed by atoms with van der Waals surface area (Å²) in [5.74, 6) is 0.836. The van der Waals surface area contributed by atoms with Crippen molar-refractivity contribution in [2.24, 2.45) is 5.92 Å². The Bertz CT molecular complexity index is 116. The van der Waals surface area contributed by atoms with E-state index in [9.17, 15) is 0 Å². The van der Waals surface area contributed by atoms with Crippen molar-refractivity contribution in [2.45, 2.75) is 12.5 Å². The summed E-state index contributed by atoms with van der Waals surface area (Å²) < 4.78 is 7.50. The molecule has 2 aliphatic heterocycles. The molecule has 3 heteroatoms. The third kappa shape index (κ3) is 1.26. The molecule has 2 fully saturated rings. The van der Waals surface area contributed by atoms with Gasteiger partial charge in [-0.2, -0.15) is 0 Å². The van der Waals surface area contributed by atoms with Crippen LogP contribution in [0, 0.1) is 5.92 Å². The van der Waals surface area contributed by atoms with Gasteiger partial charge in [-0.25, -0.2) is 0 Å². The Balaban J connectivity index is 1.86. The predicted molar refractivity (Wildman–Crippen MR) is 39.1 cm³/mol. The zero-order valence-electron chi connectivity index (χ0n) is 5.42. The molecule has 2 rings (SSSR count). The summed E-state index contributed by atoms with van der Waals surface area (Å²) in [4.78, 5) is 0. The monoisotopic (exact) mass is 145 g/mol. The minimum absolute atomic E-state index is 0.621. The summed E-state index contributed by atoms with van der Waals surface area (Å²) in [6.07, 6.45) is 1.95. The Labute approximate surface area is 57.8 Å². The quantitative estimate of drug-likeness (QED) is 0.394. The lowest BCUT2D eigenvalue weighted by molar-refractivity contribution is 0.335. The molecule has 52 valence electrons. The van der Waals surface area contributed by atoms with Crippen molar-refractivity contribution in [3.63, 3.8) is 0 Å². The fourth-order valence-corrected chi connectivity index (χ4v) is 1.87. The van der Waals surface area contributed by atoms with Gasteiger partial charge in [-0.15, -0.1) is 0 Å². The van der Waals surface area contributed by atoms with E-state index >= 15 is 0 Å². The van der Waals surface area contributed by atoms with Crippen LogP contribution in [0.15, 0.2) is 0 Å². The molecule has 2 saturated heterocycles. The van der Waals surface area contributed by atoms with E-state index in [4.69, 9.17) is 4.74 Å². The van der Waals surface area contributed by atoms with Crippen LogP contribution in [0.3, 0.4) is 0 Å². The molecule has 0 aromatic heterocycles. The molecule has 0 aliphatic carbocycles. The fraction of sp³-hybridized carbons (Fsp3) is 1.00. The summed E-state index contributed by atoms with van der Waals surface area (Å²) >= 11 is 0. The van der Waals surface area contributed by atoms with E-state index in [1.165, 1.54) is 19.5 Å². The van der Waals surface area contributed by atoms with Crippen molar-refractivity contribution >= 4 is 9.39 Å². The lowest BCUT2D eigenvalue weighted by atomic mass is 10.1. The lowest BCUT2D eigenvalue weighted by Crippen LogP contribution is -2.11. The van der Waals surface area contributed by atoms with Gasteiger partial charge < -0.3 is 4.74 Å². The first-order chi connectivity index (χ1) is 4.36. The molecule has 0 N–H and O–H groups in total. The maximum atomic E-state index is 5.20. The van der Waals surface area contributed by atoms with E-state index in [0.717, 1.165) is 12.5 Å². The zero-order valence-corrected chi connectivity index (χ0v) is 6.57. The topological polar surface area (TPSA) is 15.8 Å². The maximum Gasteiger partial charge on any atom is 0.0850 e. The average molecular weight is 145 g/mol. The van der Waals surface area contributed by atoms with E-state index in [1.807, 2.05) is 0 Å². The lowest BCUT2D eigenvalue weighted by Gasteiger charge is -2.05. The number of ether oxygens (including phenoxy) is 1. The summed E-state index contributed by atoms with van der Waals surface area (Å²) in [6, 6.07) is 0. The zero-order chi connectivity index (χ0) is 6.27. The highest BCUT2D eigenvalue weighted by Gasteiger charge is 2.36. The van der Waals surface area contributed by atoms with Crippen molar-refractivity contribution < 1.29 is 4.74 Å². The van der Waals surface area contributed by atoms with E-state index in [1.54, 1.807) is 0 Å². The SMILES string of the molecule is PN1CCC([C@H]2CO2)C1. The smallest absolute Gasteiger partial charge is 0.0850 e. The van der Waals surface area contributed by atoms with Gasteiger partial charge in [0.25, 0.3) is 0 Å². The first-order valence-corrected chi connectivity index (χ1v) is 3.99. The number of hydrogen-bond donors (Lipinski definition) is 0. The van der Waals surface area contributed by atoms with Crippen LogP contribution in [0.4, 0.5) is 0 Å². The van der Waals surface area contributed by atoms with Gasteiger partial charge in [-0.3, -0.25) is 4.67 Å². The molecule has 2 nitrogen and oxygen atoms in total. The number of hydrogen-bond acceptors (Lipinski definition) is 2. The van der Waals surface area contributed by atoms with Crippen molar-refractivity contribution in [2.75, 3.05) is 19.7 Å². The van der Waals surface area contributed by atoms with Crippen LogP contribution in [0.5, 0.6) is 0 Å². The Morgan fingerprint density at radius 3 is 2.78 bits per heavy atom. The van der Waals surface area contributed by atoms with Gasteiger partial charge in [-0.05, 0) is 6.42 Å². The van der Waals surface area contributed by atoms with Gasteiger partial charge in [0.15, 0.2) is 0 Å². The van der Waals surface area contributed by atoms with Crippen molar-refractivity contribution in [1.29, 1.82) is 0 Å². The third-order valence-electron chi connectivity index (χ3n) is 2.14. The summed E-state index contributed by atoms with van der Waals surface area (Å²) in [6.45, 7) is 3.47. The molecule has 0 spiro atoms. The van der Waals surface area contributed by atoms with Gasteiger partial charge in [0, 0.05) is 19.0 Å². The van der Waals surface area contributed by atoms with E-state index < -0.39 is 0 Å². The molecular weight excluding hydrogens is 133 g/mol. The molecule has 0 aromatic rings. The van der Waals surface area contributed by atoms with Gasteiger partial charge in [0.05, 0.1) is 12.7 Å². The first kappa shape index (κ1) is 6.09. The minimum atomic E-state index is 0.621. The minimum Gasteiger partial charge on any atom is -0.373 e. The van der Waals surface area contributed by atoms with Crippen molar-refractivity contribution in [3.05, 3.63) is 0 Å². The Hall–Kier alpha value is 0.350. The molecule has 0 amide bonds. The normalized spacial score (nSPS) is 43.7. The largest absolute Gasteiger partial charge is 0.373 e. The van der Waals surface area contributed by atoms with Crippen LogP contribution in [-0.4, -0.2) is 30.5 Å². The Morgan fingerprint density at radius 2 is 2.33 bits per heavy atom. The number of rotatable bonds is 1. The molecular formula is C6H12NOP. The van der Waals surface area contributed by atoms with E-state index in [2.05, 4.69) is 14.1 Å². The van der Waals surface area contributed by atoms with Crippen molar-refractivity contribution in [3.8, 4) is 0 Å². The van der Waals surface area contributed by atoms with Crippen molar-refractivity contribution in [1.82, 2.24) is 4.67 Å². The van der Waals surface area contributed by atoms with Crippen LogP contribution >= 0.6 is 9.39 Å². The van der Waals surface area contributed by atoms with Crippen LogP contribution in [-0.2, 0) is 4.74 Å². The summed E-state index contributed by atoms with van der Waals surface area (Å²) in [7, 11) is 2.75. The van der Waals surface area contributed by atoms with E-state index in [0.29, 0.717) is 6.10 Å². The van der Waals surface area contributed by atoms with Gasteiger partial charge in [0.2, 0.25) is 0 Å². The first-order valence-electron chi connectivity index (χ1n) is 3.47. The molecule has 3 atom stereocenters. The standard InChI is InChI=1S/C6H12NOP/c9-7-2-1-5(3-7)6-4-8-6/h5-6H,1-4,9H2/t5?,6-/m1/s1. The van der Waals surface area contributed by atoms with Crippen LogP contribution in [0.2, 0.25) is 0 Å². The summed E-state index contributed by atoms with van der Waals surface area (Å²) in [5.41, 5.74) is 0. The van der Waals surface area contributed by atoms with Gasteiger partial charge in [0.1, 0.15) is 0 Å². The molecule has 0 bridgehead atoms. The second-order valence-electron chi connectivity index (χ2n) is 2.92. The number of epoxide rings is 1. The van der Waals surface area contributed by atoms with Gasteiger partial charge >= 0.3 is 0 Å². The molecule has 9 heavy (non-hydrogen) atoms. The number of nitrogens with zero attached hydrogens (tertiary/aromatic N) is 1. The van der Waals surface area contributed by atoms with Crippen LogP contribution < -0.4 is 0 Å². The summed E-state index contributed by atoms with van der Waals surface area (Å²) in [5, 5.41) is 0. The average Bonchev–Trinajstić information content (AvgIpc) is 2.58. The highest BCUT2D eigenvalue weighted by atomic mass is 31.0. The maximum absolute atomic E-state index is 5.20. The second-order valence-corrected chi connectivity index (χ2v) is 3.65. The van der Waals surface area contributed by atoms with Gasteiger partial charge in [-0.1, -0.05) is 9.39 Å². The Morgan fingerprint density at radius 1 is 1.56 bits per heavy atom. The second kappa shape index (κ2) is 2.19. The Kier molecular flexibility index (Phi) is 1.48. The third-order valence-corrected chi connectivity index (χ3v) is 2.61. The van der Waals surface area contributed by atoms with E-state index in [-0.39, 0.29) is 0 Å². The molecule has 2 unspecified atom stereocenters. The molecule has 0 aromatic carbocycles. The molecule has 2 aliphatic rings. The predicted octanol–water partition coefficient (Wildman–Crippen LogP) is 0.497. The fourth-order valence-electron chi connectivity index (χ4n) is 1.45. The molecule has 2 heterocycles. The highest BCUT2D eigenvalue weighted by molar-refractivity contribution is 7.13.